The van der Waals surface area contributed by atoms with Gasteiger partial charge in [-0.05, 0) is 24.1 Å². The van der Waals surface area contributed by atoms with E-state index in [1.54, 1.807) is 12.3 Å². The van der Waals surface area contributed by atoms with Crippen LogP contribution in [0.5, 0.6) is 0 Å². The molecule has 0 radical (unpaired) electrons. The third-order valence-electron chi connectivity index (χ3n) is 3.91. The lowest BCUT2D eigenvalue weighted by atomic mass is 9.89. The molecule has 1 amide bonds. The van der Waals surface area contributed by atoms with Crippen LogP contribution >= 0.6 is 23.2 Å². The second kappa shape index (κ2) is 6.15. The summed E-state index contributed by atoms with van der Waals surface area (Å²) < 4.78 is 0. The molecule has 1 aromatic heterocycles. The van der Waals surface area contributed by atoms with Gasteiger partial charge in [-0.15, -0.1) is 0 Å². The van der Waals surface area contributed by atoms with Crippen LogP contribution in [-0.2, 0) is 11.3 Å². The number of carbonyl (C=O) groups is 1. The van der Waals surface area contributed by atoms with Crippen molar-refractivity contribution in [3.63, 3.8) is 0 Å². The molecule has 6 heteroatoms. The molecule has 114 valence electrons. The fraction of sp³-hybridized carbons (Fsp3) is 0.250. The van der Waals surface area contributed by atoms with Crippen molar-refractivity contribution in [2.45, 2.75) is 18.9 Å². The Morgan fingerprint density at radius 3 is 2.86 bits per heavy atom. The number of rotatable bonds is 3. The van der Waals surface area contributed by atoms with Crippen molar-refractivity contribution in [1.29, 1.82) is 0 Å². The second-order valence-electron chi connectivity index (χ2n) is 5.31. The highest BCUT2D eigenvalue weighted by atomic mass is 35.5. The van der Waals surface area contributed by atoms with Crippen LogP contribution in [0.15, 0.2) is 36.5 Å². The summed E-state index contributed by atoms with van der Waals surface area (Å²) in [6.45, 7) is 1.30. The number of pyridine rings is 1. The first-order chi connectivity index (χ1) is 10.6. The van der Waals surface area contributed by atoms with Crippen LogP contribution in [0.2, 0.25) is 10.0 Å². The van der Waals surface area contributed by atoms with Crippen LogP contribution in [0.4, 0.5) is 5.69 Å². The first kappa shape index (κ1) is 15.1. The molecule has 0 saturated carbocycles. The Labute approximate surface area is 138 Å². The van der Waals surface area contributed by atoms with E-state index in [2.05, 4.69) is 9.88 Å². The van der Waals surface area contributed by atoms with E-state index in [4.69, 9.17) is 28.9 Å². The maximum Gasteiger partial charge on any atom is 0.225 e. The minimum Gasteiger partial charge on any atom is -0.369 e. The van der Waals surface area contributed by atoms with Crippen LogP contribution in [0.25, 0.3) is 0 Å². The number of nitrogens with zero attached hydrogens (tertiary/aromatic N) is 2. The SMILES string of the molecule is NC(=O)[C@H]1CCN(Cc2ncc(Cl)cc2Cl)c2ccccc21. The van der Waals surface area contributed by atoms with E-state index < -0.39 is 0 Å². The number of benzene rings is 1. The lowest BCUT2D eigenvalue weighted by molar-refractivity contribution is -0.119. The predicted molar refractivity (Wildman–Crippen MR) is 88.3 cm³/mol. The van der Waals surface area contributed by atoms with E-state index in [1.165, 1.54) is 0 Å². The Bertz CT molecular complexity index is 720. The number of amides is 1. The third-order valence-corrected chi connectivity index (χ3v) is 4.44. The van der Waals surface area contributed by atoms with Crippen molar-refractivity contribution in [2.24, 2.45) is 5.73 Å². The third kappa shape index (κ3) is 2.89. The number of aromatic nitrogens is 1. The highest BCUT2D eigenvalue weighted by Crippen LogP contribution is 2.36. The molecule has 2 N–H and O–H groups in total. The average Bonchev–Trinajstić information content (AvgIpc) is 2.50. The van der Waals surface area contributed by atoms with Crippen molar-refractivity contribution in [2.75, 3.05) is 11.4 Å². The quantitative estimate of drug-likeness (QED) is 0.935. The number of nitrogens with two attached hydrogens (primary N) is 1. The molecule has 1 aliphatic heterocycles. The number of halogens is 2. The Hall–Kier alpha value is -1.78. The summed E-state index contributed by atoms with van der Waals surface area (Å²) in [6, 6.07) is 9.51. The van der Waals surface area contributed by atoms with Crippen molar-refractivity contribution < 1.29 is 4.79 Å². The molecule has 22 heavy (non-hydrogen) atoms. The highest BCUT2D eigenvalue weighted by Gasteiger charge is 2.28. The van der Waals surface area contributed by atoms with Gasteiger partial charge in [0, 0.05) is 18.4 Å². The Morgan fingerprint density at radius 2 is 2.14 bits per heavy atom. The number of hydrogen-bond donors (Lipinski definition) is 1. The predicted octanol–water partition coefficient (Wildman–Crippen LogP) is 3.37. The molecule has 1 atom stereocenters. The zero-order chi connectivity index (χ0) is 15.7. The van der Waals surface area contributed by atoms with Gasteiger partial charge in [0.2, 0.25) is 5.91 Å². The zero-order valence-corrected chi connectivity index (χ0v) is 13.3. The molecular formula is C16H15Cl2N3O. The minimum atomic E-state index is -0.283. The van der Waals surface area contributed by atoms with Crippen LogP contribution in [0.1, 0.15) is 23.6 Å². The Morgan fingerprint density at radius 1 is 1.36 bits per heavy atom. The van der Waals surface area contributed by atoms with Crippen molar-refractivity contribution in [3.8, 4) is 0 Å². The molecule has 2 aromatic rings. The van der Waals surface area contributed by atoms with Gasteiger partial charge in [0.25, 0.3) is 0 Å². The van der Waals surface area contributed by atoms with E-state index >= 15 is 0 Å². The van der Waals surface area contributed by atoms with Crippen LogP contribution < -0.4 is 10.6 Å². The van der Waals surface area contributed by atoms with Gasteiger partial charge in [-0.25, -0.2) is 0 Å². The van der Waals surface area contributed by atoms with Crippen molar-refractivity contribution in [3.05, 3.63) is 57.8 Å². The summed E-state index contributed by atoms with van der Waals surface area (Å²) in [7, 11) is 0. The molecule has 4 nitrogen and oxygen atoms in total. The summed E-state index contributed by atoms with van der Waals surface area (Å²) in [4.78, 5) is 18.1. The molecule has 0 spiro atoms. The standard InChI is InChI=1S/C16H15Cl2N3O/c17-10-7-13(18)14(20-8-10)9-21-6-5-12(16(19)22)11-3-1-2-4-15(11)21/h1-4,7-8,12H,5-6,9H2,(H2,19,22)/t12-/m0/s1. The number of hydrogen-bond acceptors (Lipinski definition) is 3. The molecule has 1 aromatic carbocycles. The van der Waals surface area contributed by atoms with Gasteiger partial charge in [0.05, 0.1) is 28.2 Å². The minimum absolute atomic E-state index is 0.235. The summed E-state index contributed by atoms with van der Waals surface area (Å²) >= 11 is 12.1. The molecule has 0 bridgehead atoms. The molecule has 2 heterocycles. The normalized spacial score (nSPS) is 17.2. The number of fused-ring (bicyclic) bond motifs is 1. The highest BCUT2D eigenvalue weighted by molar-refractivity contribution is 6.34. The van der Waals surface area contributed by atoms with Crippen LogP contribution in [0, 0.1) is 0 Å². The number of primary amides is 1. The van der Waals surface area contributed by atoms with E-state index in [0.29, 0.717) is 23.0 Å². The summed E-state index contributed by atoms with van der Waals surface area (Å²) in [6.07, 6.45) is 2.28. The maximum absolute atomic E-state index is 11.6. The summed E-state index contributed by atoms with van der Waals surface area (Å²) in [5, 5.41) is 1.06. The van der Waals surface area contributed by atoms with Gasteiger partial charge >= 0.3 is 0 Å². The van der Waals surface area contributed by atoms with E-state index in [0.717, 1.165) is 23.5 Å². The van der Waals surface area contributed by atoms with Gasteiger partial charge in [-0.1, -0.05) is 41.4 Å². The van der Waals surface area contributed by atoms with Crippen molar-refractivity contribution >= 4 is 34.8 Å². The molecule has 3 rings (SSSR count). The number of anilines is 1. The van der Waals surface area contributed by atoms with E-state index in [-0.39, 0.29) is 11.8 Å². The Kier molecular flexibility index (Phi) is 4.23. The topological polar surface area (TPSA) is 59.2 Å². The number of para-hydroxylation sites is 1. The van der Waals surface area contributed by atoms with Gasteiger partial charge in [0.15, 0.2) is 0 Å². The van der Waals surface area contributed by atoms with E-state index in [1.807, 2.05) is 24.3 Å². The molecule has 0 fully saturated rings. The van der Waals surface area contributed by atoms with Gasteiger partial charge < -0.3 is 10.6 Å². The fourth-order valence-electron chi connectivity index (χ4n) is 2.83. The molecule has 0 aliphatic carbocycles. The van der Waals surface area contributed by atoms with Crippen LogP contribution in [0.3, 0.4) is 0 Å². The maximum atomic E-state index is 11.6. The summed E-state index contributed by atoms with van der Waals surface area (Å²) in [5.74, 6) is -0.518. The largest absolute Gasteiger partial charge is 0.369 e. The molecule has 0 saturated heterocycles. The lowest BCUT2D eigenvalue weighted by Crippen LogP contribution is -2.35. The molecular weight excluding hydrogens is 321 g/mol. The fourth-order valence-corrected chi connectivity index (χ4v) is 3.27. The number of carbonyl (C=O) groups excluding carboxylic acids is 1. The Balaban J connectivity index is 1.92. The lowest BCUT2D eigenvalue weighted by Gasteiger charge is -2.34. The average molecular weight is 336 g/mol. The van der Waals surface area contributed by atoms with Gasteiger partial charge in [0.1, 0.15) is 0 Å². The first-order valence-corrected chi connectivity index (χ1v) is 7.75. The first-order valence-electron chi connectivity index (χ1n) is 6.99. The molecule has 0 unspecified atom stereocenters. The zero-order valence-electron chi connectivity index (χ0n) is 11.8. The van der Waals surface area contributed by atoms with Gasteiger partial charge in [-0.3, -0.25) is 9.78 Å². The van der Waals surface area contributed by atoms with Crippen molar-refractivity contribution in [1.82, 2.24) is 4.98 Å². The molecule has 1 aliphatic rings. The van der Waals surface area contributed by atoms with E-state index in [9.17, 15) is 4.79 Å². The summed E-state index contributed by atoms with van der Waals surface area (Å²) in [5.41, 5.74) is 8.25. The van der Waals surface area contributed by atoms with Gasteiger partial charge in [-0.2, -0.15) is 0 Å². The smallest absolute Gasteiger partial charge is 0.225 e. The monoisotopic (exact) mass is 335 g/mol. The second-order valence-corrected chi connectivity index (χ2v) is 6.15. The van der Waals surface area contributed by atoms with Crippen LogP contribution in [-0.4, -0.2) is 17.4 Å².